The number of rotatable bonds is 7. The standard InChI is InChI=1S/C16H12F3N5O4S/c17-16(18,19)10-1-2-11(12(7-10)24(26)27)21-22-13(25)3-4-14-20-15(23-28-14)9-5-6-29-8-9/h1-2,5-8,21H,3-4H2,(H,22,25). The zero-order valence-electron chi connectivity index (χ0n) is 14.4. The second kappa shape index (κ2) is 8.26. The topological polar surface area (TPSA) is 123 Å². The number of hydrogen-bond acceptors (Lipinski definition) is 8. The number of hydrogen-bond donors (Lipinski definition) is 2. The lowest BCUT2D eigenvalue weighted by Crippen LogP contribution is -2.30. The smallest absolute Gasteiger partial charge is 0.339 e. The molecule has 0 radical (unpaired) electrons. The van der Waals surface area contributed by atoms with Gasteiger partial charge in [-0.3, -0.25) is 25.8 Å². The highest BCUT2D eigenvalue weighted by Crippen LogP contribution is 2.34. The fraction of sp³-hybridized carbons (Fsp3) is 0.188. The van der Waals surface area contributed by atoms with E-state index < -0.39 is 28.3 Å². The van der Waals surface area contributed by atoms with Gasteiger partial charge in [-0.1, -0.05) is 5.16 Å². The third-order valence-electron chi connectivity index (χ3n) is 3.67. The highest BCUT2D eigenvalue weighted by molar-refractivity contribution is 7.08. The zero-order chi connectivity index (χ0) is 21.0. The van der Waals surface area contributed by atoms with E-state index in [-0.39, 0.29) is 24.4 Å². The maximum Gasteiger partial charge on any atom is 0.416 e. The molecule has 29 heavy (non-hydrogen) atoms. The molecule has 0 atom stereocenters. The zero-order valence-corrected chi connectivity index (χ0v) is 15.2. The fourth-order valence-electron chi connectivity index (χ4n) is 2.25. The number of hydrazine groups is 1. The fourth-order valence-corrected chi connectivity index (χ4v) is 2.88. The van der Waals surface area contributed by atoms with Crippen LogP contribution in [0.1, 0.15) is 17.9 Å². The van der Waals surface area contributed by atoms with Gasteiger partial charge in [-0.25, -0.2) is 0 Å². The van der Waals surface area contributed by atoms with Crippen molar-refractivity contribution >= 4 is 28.6 Å². The number of carbonyl (C=O) groups excluding carboxylic acids is 1. The Hall–Kier alpha value is -3.48. The Balaban J connectivity index is 1.57. The lowest BCUT2D eigenvalue weighted by Gasteiger charge is -2.11. The molecular formula is C16H12F3N5O4S. The van der Waals surface area contributed by atoms with E-state index in [9.17, 15) is 28.1 Å². The van der Waals surface area contributed by atoms with Crippen molar-refractivity contribution in [2.45, 2.75) is 19.0 Å². The molecule has 9 nitrogen and oxygen atoms in total. The van der Waals surface area contributed by atoms with Crippen molar-refractivity contribution < 1.29 is 27.4 Å². The molecule has 0 aliphatic carbocycles. The third kappa shape index (κ3) is 5.07. The van der Waals surface area contributed by atoms with Gasteiger partial charge >= 0.3 is 6.18 Å². The molecule has 0 saturated heterocycles. The number of nitrogens with zero attached hydrogens (tertiary/aromatic N) is 3. The molecule has 13 heteroatoms. The number of nitro benzene ring substituents is 1. The van der Waals surface area contributed by atoms with Crippen LogP contribution in [0.5, 0.6) is 0 Å². The average molecular weight is 427 g/mol. The lowest BCUT2D eigenvalue weighted by molar-refractivity contribution is -0.384. The van der Waals surface area contributed by atoms with Crippen molar-refractivity contribution in [2.75, 3.05) is 5.43 Å². The van der Waals surface area contributed by atoms with E-state index in [1.54, 1.807) is 0 Å². The van der Waals surface area contributed by atoms with Crippen molar-refractivity contribution in [3.8, 4) is 11.4 Å². The average Bonchev–Trinajstić information content (AvgIpc) is 3.35. The summed E-state index contributed by atoms with van der Waals surface area (Å²) >= 11 is 1.47. The van der Waals surface area contributed by atoms with Gasteiger partial charge in [-0.05, 0) is 23.6 Å². The maximum absolute atomic E-state index is 12.7. The molecule has 1 amide bonds. The quantitative estimate of drug-likeness (QED) is 0.434. The first kappa shape index (κ1) is 20.3. The summed E-state index contributed by atoms with van der Waals surface area (Å²) < 4.78 is 43.1. The van der Waals surface area contributed by atoms with Crippen molar-refractivity contribution in [3.63, 3.8) is 0 Å². The van der Waals surface area contributed by atoms with Gasteiger partial charge in [0, 0.05) is 29.9 Å². The van der Waals surface area contributed by atoms with Crippen LogP contribution >= 0.6 is 11.3 Å². The number of anilines is 1. The summed E-state index contributed by atoms with van der Waals surface area (Å²) in [5.41, 5.74) is 2.97. The van der Waals surface area contributed by atoms with Crippen LogP contribution in [-0.2, 0) is 17.4 Å². The van der Waals surface area contributed by atoms with Gasteiger partial charge in [0.05, 0.1) is 10.5 Å². The van der Waals surface area contributed by atoms with Gasteiger partial charge in [-0.2, -0.15) is 29.5 Å². The Bertz CT molecular complexity index is 1020. The van der Waals surface area contributed by atoms with Crippen LogP contribution in [0, 0.1) is 10.1 Å². The van der Waals surface area contributed by atoms with Crippen molar-refractivity contribution in [2.24, 2.45) is 0 Å². The Kier molecular flexibility index (Phi) is 5.77. The van der Waals surface area contributed by atoms with Crippen LogP contribution in [-0.4, -0.2) is 21.0 Å². The molecule has 1 aromatic carbocycles. The predicted octanol–water partition coefficient (Wildman–Crippen LogP) is 3.80. The Morgan fingerprint density at radius 2 is 2.10 bits per heavy atom. The monoisotopic (exact) mass is 427 g/mol. The first-order chi connectivity index (χ1) is 13.7. The van der Waals surface area contributed by atoms with Gasteiger partial charge < -0.3 is 4.52 Å². The minimum absolute atomic E-state index is 0.0906. The molecule has 0 unspecified atom stereocenters. The van der Waals surface area contributed by atoms with Crippen molar-refractivity contribution in [1.82, 2.24) is 15.6 Å². The van der Waals surface area contributed by atoms with Crippen molar-refractivity contribution in [1.29, 1.82) is 0 Å². The SMILES string of the molecule is O=C(CCc1nc(-c2ccsc2)no1)NNc1ccc(C(F)(F)F)cc1[N+](=O)[O-]. The number of nitrogens with one attached hydrogen (secondary N) is 2. The predicted molar refractivity (Wildman–Crippen MR) is 95.8 cm³/mol. The maximum atomic E-state index is 12.7. The number of amides is 1. The molecule has 0 saturated carbocycles. The van der Waals surface area contributed by atoms with E-state index >= 15 is 0 Å². The summed E-state index contributed by atoms with van der Waals surface area (Å²) in [7, 11) is 0. The summed E-state index contributed by atoms with van der Waals surface area (Å²) in [4.78, 5) is 26.1. The molecule has 0 aliphatic heterocycles. The first-order valence-electron chi connectivity index (χ1n) is 7.99. The molecule has 2 aromatic heterocycles. The minimum atomic E-state index is -4.72. The number of benzene rings is 1. The van der Waals surface area contributed by atoms with Gasteiger partial charge in [0.2, 0.25) is 17.6 Å². The summed E-state index contributed by atoms with van der Waals surface area (Å²) in [6, 6.07) is 3.74. The molecule has 0 bridgehead atoms. The number of thiophene rings is 1. The largest absolute Gasteiger partial charge is 0.416 e. The lowest BCUT2D eigenvalue weighted by atomic mass is 10.1. The molecule has 152 valence electrons. The molecule has 0 aliphatic rings. The number of nitro groups is 1. The number of halogens is 3. The van der Waals surface area contributed by atoms with Crippen LogP contribution in [0.2, 0.25) is 0 Å². The third-order valence-corrected chi connectivity index (χ3v) is 4.35. The second-order valence-electron chi connectivity index (χ2n) is 5.68. The molecule has 0 fully saturated rings. The minimum Gasteiger partial charge on any atom is -0.339 e. The molecular weight excluding hydrogens is 415 g/mol. The summed E-state index contributed by atoms with van der Waals surface area (Å²) in [5, 5.41) is 18.5. The van der Waals surface area contributed by atoms with E-state index in [0.717, 1.165) is 11.6 Å². The van der Waals surface area contributed by atoms with Gasteiger partial charge in [-0.15, -0.1) is 0 Å². The van der Waals surface area contributed by atoms with Crippen LogP contribution < -0.4 is 10.9 Å². The van der Waals surface area contributed by atoms with Crippen LogP contribution in [0.15, 0.2) is 39.5 Å². The van der Waals surface area contributed by atoms with Gasteiger partial charge in [0.15, 0.2) is 0 Å². The molecule has 2 N–H and O–H groups in total. The van der Waals surface area contributed by atoms with E-state index in [1.807, 2.05) is 16.8 Å². The highest BCUT2D eigenvalue weighted by Gasteiger charge is 2.33. The number of carbonyl (C=O) groups is 1. The number of alkyl halides is 3. The van der Waals surface area contributed by atoms with E-state index in [1.165, 1.54) is 11.3 Å². The van der Waals surface area contributed by atoms with E-state index in [0.29, 0.717) is 18.0 Å². The Morgan fingerprint density at radius 3 is 2.76 bits per heavy atom. The summed E-state index contributed by atoms with van der Waals surface area (Å²) in [6.45, 7) is 0. The molecule has 3 rings (SSSR count). The Morgan fingerprint density at radius 1 is 1.31 bits per heavy atom. The highest BCUT2D eigenvalue weighted by atomic mass is 32.1. The van der Waals surface area contributed by atoms with Crippen LogP contribution in [0.4, 0.5) is 24.5 Å². The first-order valence-corrected chi connectivity index (χ1v) is 8.94. The second-order valence-corrected chi connectivity index (χ2v) is 6.46. The van der Waals surface area contributed by atoms with E-state index in [2.05, 4.69) is 21.0 Å². The van der Waals surface area contributed by atoms with E-state index in [4.69, 9.17) is 4.52 Å². The summed E-state index contributed by atoms with van der Waals surface area (Å²) in [5.74, 6) is 0.0384. The molecule has 2 heterocycles. The van der Waals surface area contributed by atoms with Crippen LogP contribution in [0.25, 0.3) is 11.4 Å². The van der Waals surface area contributed by atoms with Crippen molar-refractivity contribution in [3.05, 3.63) is 56.6 Å². The normalized spacial score (nSPS) is 11.3. The Labute approximate surface area is 164 Å². The van der Waals surface area contributed by atoms with Gasteiger partial charge in [0.25, 0.3) is 5.69 Å². The van der Waals surface area contributed by atoms with Gasteiger partial charge in [0.1, 0.15) is 5.69 Å². The number of aryl methyl sites for hydroxylation is 1. The number of aromatic nitrogens is 2. The molecule has 3 aromatic rings. The summed E-state index contributed by atoms with van der Waals surface area (Å²) in [6.07, 6.45) is -4.70. The van der Waals surface area contributed by atoms with Crippen LogP contribution in [0.3, 0.4) is 0 Å². The molecule has 0 spiro atoms.